The molecular formula is C16H22N2. The number of hydrogen-bond donors (Lipinski definition) is 2. The van der Waals surface area contributed by atoms with Crippen LogP contribution in [0, 0.1) is 0 Å². The summed E-state index contributed by atoms with van der Waals surface area (Å²) in [5, 5.41) is 0. The van der Waals surface area contributed by atoms with Crippen LogP contribution in [0.1, 0.15) is 49.1 Å². The largest absolute Gasteiger partial charge is 0.271 e. The number of allylic oxidation sites excluding steroid dienone is 1. The van der Waals surface area contributed by atoms with Crippen LogP contribution < -0.4 is 11.3 Å². The molecule has 0 radical (unpaired) electrons. The van der Waals surface area contributed by atoms with E-state index in [4.69, 9.17) is 5.84 Å². The van der Waals surface area contributed by atoms with Crippen molar-refractivity contribution in [3.63, 3.8) is 0 Å². The van der Waals surface area contributed by atoms with E-state index in [9.17, 15) is 0 Å². The van der Waals surface area contributed by atoms with Gasteiger partial charge in [-0.05, 0) is 43.2 Å². The predicted molar refractivity (Wildman–Crippen MR) is 75.2 cm³/mol. The van der Waals surface area contributed by atoms with Crippen LogP contribution in [-0.2, 0) is 6.42 Å². The second-order valence-corrected chi connectivity index (χ2v) is 5.53. The van der Waals surface area contributed by atoms with Gasteiger partial charge in [-0.2, -0.15) is 0 Å². The quantitative estimate of drug-likeness (QED) is 0.486. The predicted octanol–water partition coefficient (Wildman–Crippen LogP) is 3.05. The fourth-order valence-electron chi connectivity index (χ4n) is 3.40. The van der Waals surface area contributed by atoms with Gasteiger partial charge in [-0.1, -0.05) is 42.3 Å². The van der Waals surface area contributed by atoms with Gasteiger partial charge >= 0.3 is 0 Å². The molecule has 0 amide bonds. The summed E-state index contributed by atoms with van der Waals surface area (Å²) in [5.74, 6) is 6.41. The van der Waals surface area contributed by atoms with E-state index in [1.165, 1.54) is 55.2 Å². The number of hydrogen-bond acceptors (Lipinski definition) is 2. The minimum Gasteiger partial charge on any atom is -0.271 e. The molecule has 18 heavy (non-hydrogen) atoms. The van der Waals surface area contributed by atoms with Crippen LogP contribution in [0.3, 0.4) is 0 Å². The first-order valence-electron chi connectivity index (χ1n) is 7.13. The van der Waals surface area contributed by atoms with E-state index in [2.05, 4.69) is 35.8 Å². The molecule has 0 heterocycles. The molecule has 0 spiro atoms. The number of fused-ring (bicyclic) bond motifs is 1. The summed E-state index contributed by atoms with van der Waals surface area (Å²) in [4.78, 5) is 0. The van der Waals surface area contributed by atoms with Crippen LogP contribution in [0.5, 0.6) is 0 Å². The standard InChI is InChI=1S/C16H22N2/c17-18-16(12-7-3-1-2-4-8-12)15-11-13-9-5-6-10-14(13)15/h5-7,9-10,15-16,18H,1-4,8,11,17H2. The molecule has 1 aromatic carbocycles. The van der Waals surface area contributed by atoms with Gasteiger partial charge in [-0.15, -0.1) is 0 Å². The molecule has 0 fully saturated rings. The lowest BCUT2D eigenvalue weighted by Gasteiger charge is -2.37. The van der Waals surface area contributed by atoms with E-state index >= 15 is 0 Å². The lowest BCUT2D eigenvalue weighted by molar-refractivity contribution is 0.440. The summed E-state index contributed by atoms with van der Waals surface area (Å²) < 4.78 is 0. The van der Waals surface area contributed by atoms with Gasteiger partial charge in [0.25, 0.3) is 0 Å². The van der Waals surface area contributed by atoms with Crippen molar-refractivity contribution in [1.82, 2.24) is 5.43 Å². The Morgan fingerprint density at radius 2 is 2.06 bits per heavy atom. The van der Waals surface area contributed by atoms with Gasteiger partial charge in [0, 0.05) is 12.0 Å². The highest BCUT2D eigenvalue weighted by atomic mass is 15.2. The molecule has 2 aliphatic rings. The number of nitrogens with one attached hydrogen (secondary N) is 1. The van der Waals surface area contributed by atoms with E-state index in [-0.39, 0.29) is 0 Å². The van der Waals surface area contributed by atoms with Crippen LogP contribution in [0.2, 0.25) is 0 Å². The second kappa shape index (κ2) is 5.25. The smallest absolute Gasteiger partial charge is 0.0491 e. The van der Waals surface area contributed by atoms with Crippen molar-refractivity contribution < 1.29 is 0 Å². The normalized spacial score (nSPS) is 24.5. The van der Waals surface area contributed by atoms with E-state index < -0.39 is 0 Å². The van der Waals surface area contributed by atoms with Crippen molar-refractivity contribution in [2.24, 2.45) is 5.84 Å². The summed E-state index contributed by atoms with van der Waals surface area (Å²) in [6.07, 6.45) is 10.1. The third-order valence-electron chi connectivity index (χ3n) is 4.45. The fraction of sp³-hybridized carbons (Fsp3) is 0.500. The zero-order chi connectivity index (χ0) is 12.4. The maximum absolute atomic E-state index is 5.83. The first-order valence-corrected chi connectivity index (χ1v) is 7.13. The monoisotopic (exact) mass is 242 g/mol. The Kier molecular flexibility index (Phi) is 3.48. The molecule has 2 atom stereocenters. The fourth-order valence-corrected chi connectivity index (χ4v) is 3.40. The Balaban J connectivity index is 1.80. The first kappa shape index (κ1) is 11.9. The average molecular weight is 242 g/mol. The highest BCUT2D eigenvalue weighted by Crippen LogP contribution is 2.40. The molecule has 2 heteroatoms. The molecule has 0 aromatic heterocycles. The van der Waals surface area contributed by atoms with Crippen LogP contribution >= 0.6 is 0 Å². The lowest BCUT2D eigenvalue weighted by Crippen LogP contribution is -2.45. The van der Waals surface area contributed by atoms with Crippen molar-refractivity contribution in [2.75, 3.05) is 0 Å². The van der Waals surface area contributed by atoms with Gasteiger partial charge in [-0.25, -0.2) is 0 Å². The molecule has 0 bridgehead atoms. The van der Waals surface area contributed by atoms with Crippen molar-refractivity contribution in [3.8, 4) is 0 Å². The Hall–Kier alpha value is -1.12. The molecule has 0 saturated carbocycles. The SMILES string of the molecule is NNC(C1=CCCCCC1)C1Cc2ccccc21. The van der Waals surface area contributed by atoms with Gasteiger partial charge < -0.3 is 0 Å². The number of benzene rings is 1. The van der Waals surface area contributed by atoms with Crippen molar-refractivity contribution in [3.05, 3.63) is 47.0 Å². The molecule has 3 N–H and O–H groups in total. The Labute approximate surface area is 109 Å². The Morgan fingerprint density at radius 3 is 2.89 bits per heavy atom. The first-order chi connectivity index (χ1) is 8.90. The minimum absolute atomic E-state index is 0.345. The molecular weight excluding hydrogens is 220 g/mol. The summed E-state index contributed by atoms with van der Waals surface area (Å²) in [5.41, 5.74) is 7.60. The van der Waals surface area contributed by atoms with Gasteiger partial charge in [0.05, 0.1) is 0 Å². The maximum Gasteiger partial charge on any atom is 0.0491 e. The van der Waals surface area contributed by atoms with Gasteiger partial charge in [0.2, 0.25) is 0 Å². The highest BCUT2D eigenvalue weighted by Gasteiger charge is 2.33. The zero-order valence-electron chi connectivity index (χ0n) is 10.9. The molecule has 2 aliphatic carbocycles. The minimum atomic E-state index is 0.345. The summed E-state index contributed by atoms with van der Waals surface area (Å²) in [6, 6.07) is 9.11. The molecule has 0 aliphatic heterocycles. The van der Waals surface area contributed by atoms with E-state index in [0.29, 0.717) is 12.0 Å². The summed E-state index contributed by atoms with van der Waals surface area (Å²) in [6.45, 7) is 0. The molecule has 2 nitrogen and oxygen atoms in total. The van der Waals surface area contributed by atoms with Crippen molar-refractivity contribution >= 4 is 0 Å². The molecule has 2 unspecified atom stereocenters. The lowest BCUT2D eigenvalue weighted by atomic mass is 9.71. The van der Waals surface area contributed by atoms with Crippen LogP contribution in [0.4, 0.5) is 0 Å². The van der Waals surface area contributed by atoms with Gasteiger partial charge in [-0.3, -0.25) is 11.3 Å². The molecule has 0 saturated heterocycles. The molecule has 1 aromatic rings. The third-order valence-corrected chi connectivity index (χ3v) is 4.45. The second-order valence-electron chi connectivity index (χ2n) is 5.53. The van der Waals surface area contributed by atoms with Gasteiger partial charge in [0.15, 0.2) is 0 Å². The molecule has 3 rings (SSSR count). The van der Waals surface area contributed by atoms with E-state index in [0.717, 1.165) is 0 Å². The molecule has 96 valence electrons. The van der Waals surface area contributed by atoms with Crippen molar-refractivity contribution in [1.29, 1.82) is 0 Å². The highest BCUT2D eigenvalue weighted by molar-refractivity contribution is 5.43. The Morgan fingerprint density at radius 1 is 1.17 bits per heavy atom. The number of nitrogens with two attached hydrogens (primary N) is 1. The zero-order valence-corrected chi connectivity index (χ0v) is 10.9. The van der Waals surface area contributed by atoms with E-state index in [1.807, 2.05) is 0 Å². The maximum atomic E-state index is 5.83. The van der Waals surface area contributed by atoms with Gasteiger partial charge in [0.1, 0.15) is 0 Å². The third kappa shape index (κ3) is 2.11. The average Bonchev–Trinajstić information content (AvgIpc) is 2.65. The summed E-state index contributed by atoms with van der Waals surface area (Å²) >= 11 is 0. The van der Waals surface area contributed by atoms with Crippen LogP contribution in [0.15, 0.2) is 35.9 Å². The van der Waals surface area contributed by atoms with Crippen LogP contribution in [-0.4, -0.2) is 6.04 Å². The van der Waals surface area contributed by atoms with Crippen molar-refractivity contribution in [2.45, 2.75) is 50.5 Å². The number of hydrazine groups is 1. The number of rotatable bonds is 3. The summed E-state index contributed by atoms with van der Waals surface area (Å²) in [7, 11) is 0. The van der Waals surface area contributed by atoms with E-state index in [1.54, 1.807) is 0 Å². The Bertz CT molecular complexity index is 450. The topological polar surface area (TPSA) is 38.0 Å². The van der Waals surface area contributed by atoms with Crippen LogP contribution in [0.25, 0.3) is 0 Å².